The van der Waals surface area contributed by atoms with E-state index in [1.165, 1.54) is 16.7 Å². The van der Waals surface area contributed by atoms with Gasteiger partial charge in [0.2, 0.25) is 23.6 Å². The molecule has 1 unspecified atom stereocenters. The van der Waals surface area contributed by atoms with Crippen LogP contribution in [0.25, 0.3) is 0 Å². The Balaban J connectivity index is 2.74. The zero-order valence-corrected chi connectivity index (χ0v) is 12.6. The van der Waals surface area contributed by atoms with E-state index in [9.17, 15) is 19.2 Å². The maximum absolute atomic E-state index is 11.8. The molecule has 1 atom stereocenters. The fourth-order valence-electron chi connectivity index (χ4n) is 1.79. The van der Waals surface area contributed by atoms with Crippen LogP contribution in [0.1, 0.15) is 19.8 Å². The Kier molecular flexibility index (Phi) is 6.13. The van der Waals surface area contributed by atoms with Gasteiger partial charge in [-0.15, -0.1) is 0 Å². The summed E-state index contributed by atoms with van der Waals surface area (Å²) in [6, 6.07) is -0.744. The molecule has 1 fully saturated rings. The quantitative estimate of drug-likeness (QED) is 0.558. The zero-order chi connectivity index (χ0) is 16.0. The molecule has 0 aromatic carbocycles. The minimum absolute atomic E-state index is 0.0373. The maximum atomic E-state index is 11.8. The van der Waals surface area contributed by atoms with Crippen molar-refractivity contribution in [3.8, 4) is 0 Å². The second kappa shape index (κ2) is 7.61. The predicted molar refractivity (Wildman–Crippen MR) is 75.1 cm³/mol. The number of likely N-dealkylation sites (N-methyl/N-ethyl adjacent to an activating group) is 2. The first kappa shape index (κ1) is 16.9. The Morgan fingerprint density at radius 1 is 0.952 bits per heavy atom. The average molecular weight is 298 g/mol. The van der Waals surface area contributed by atoms with Crippen LogP contribution in [-0.2, 0) is 19.2 Å². The molecule has 1 aliphatic heterocycles. The minimum Gasteiger partial charge on any atom is -0.345 e. The van der Waals surface area contributed by atoms with Crippen molar-refractivity contribution in [1.29, 1.82) is 0 Å². The van der Waals surface area contributed by atoms with Crippen molar-refractivity contribution < 1.29 is 19.2 Å². The summed E-state index contributed by atoms with van der Waals surface area (Å²) in [6.45, 7) is 2.15. The molecule has 0 aliphatic carbocycles. The molecule has 0 spiro atoms. The molecular weight excluding hydrogens is 276 g/mol. The van der Waals surface area contributed by atoms with Crippen LogP contribution in [0.2, 0.25) is 0 Å². The van der Waals surface area contributed by atoms with Crippen LogP contribution in [-0.4, -0.2) is 73.2 Å². The van der Waals surface area contributed by atoms with Gasteiger partial charge in [-0.1, -0.05) is 0 Å². The van der Waals surface area contributed by atoms with Gasteiger partial charge >= 0.3 is 0 Å². The Morgan fingerprint density at radius 2 is 1.52 bits per heavy atom. The molecule has 0 saturated carbocycles. The van der Waals surface area contributed by atoms with Crippen LogP contribution >= 0.6 is 0 Å². The van der Waals surface area contributed by atoms with Gasteiger partial charge in [-0.3, -0.25) is 19.2 Å². The Hall–Kier alpha value is -2.12. The highest BCUT2D eigenvalue weighted by atomic mass is 16.2. The van der Waals surface area contributed by atoms with Crippen molar-refractivity contribution in [1.82, 2.24) is 20.4 Å². The topological polar surface area (TPSA) is 98.8 Å². The molecule has 2 N–H and O–H groups in total. The number of nitrogens with zero attached hydrogens (tertiary/aromatic N) is 2. The lowest BCUT2D eigenvalue weighted by Gasteiger charge is -2.23. The van der Waals surface area contributed by atoms with Gasteiger partial charge in [0.15, 0.2) is 0 Å². The zero-order valence-electron chi connectivity index (χ0n) is 12.6. The minimum atomic E-state index is -0.744. The largest absolute Gasteiger partial charge is 0.345 e. The third kappa shape index (κ3) is 5.41. The highest BCUT2D eigenvalue weighted by Gasteiger charge is 2.20. The summed E-state index contributed by atoms with van der Waals surface area (Å²) in [5, 5.41) is 4.98. The fourth-order valence-corrected chi connectivity index (χ4v) is 1.79. The first-order valence-corrected chi connectivity index (χ1v) is 6.86. The van der Waals surface area contributed by atoms with E-state index in [0.29, 0.717) is 13.1 Å². The molecule has 1 rings (SSSR count). The number of hydrogen-bond donors (Lipinski definition) is 2. The number of rotatable bonds is 0. The monoisotopic (exact) mass is 298 g/mol. The molecule has 0 aromatic rings. The van der Waals surface area contributed by atoms with Crippen LogP contribution < -0.4 is 10.6 Å². The third-order valence-electron chi connectivity index (χ3n) is 3.37. The summed E-state index contributed by atoms with van der Waals surface area (Å²) in [7, 11) is 3.25. The lowest BCUT2D eigenvalue weighted by molar-refractivity contribution is -0.136. The van der Waals surface area contributed by atoms with E-state index in [-0.39, 0.29) is 37.1 Å². The molecule has 0 aromatic heterocycles. The van der Waals surface area contributed by atoms with Crippen molar-refractivity contribution in [3.05, 3.63) is 0 Å². The average Bonchev–Trinajstić information content (AvgIpc) is 2.45. The fraction of sp³-hybridized carbons (Fsp3) is 0.692. The molecular formula is C13H22N4O4. The van der Waals surface area contributed by atoms with E-state index in [1.54, 1.807) is 14.1 Å². The predicted octanol–water partition coefficient (Wildman–Crippen LogP) is -1.68. The van der Waals surface area contributed by atoms with Crippen LogP contribution in [0.15, 0.2) is 0 Å². The summed E-state index contributed by atoms with van der Waals surface area (Å²) in [5.41, 5.74) is 0. The van der Waals surface area contributed by atoms with Gasteiger partial charge in [0.05, 0.1) is 6.54 Å². The second-order valence-electron chi connectivity index (χ2n) is 5.14. The summed E-state index contributed by atoms with van der Waals surface area (Å²) in [5.74, 6) is -1.20. The Bertz CT molecular complexity index is 438. The third-order valence-corrected chi connectivity index (χ3v) is 3.37. The van der Waals surface area contributed by atoms with E-state index in [2.05, 4.69) is 10.6 Å². The second-order valence-corrected chi connectivity index (χ2v) is 5.14. The van der Waals surface area contributed by atoms with Crippen LogP contribution in [0.4, 0.5) is 0 Å². The lowest BCUT2D eigenvalue weighted by Crippen LogP contribution is -2.49. The van der Waals surface area contributed by atoms with Crippen molar-refractivity contribution in [3.63, 3.8) is 0 Å². The van der Waals surface area contributed by atoms with Crippen molar-refractivity contribution in [2.75, 3.05) is 33.7 Å². The molecule has 1 aliphatic rings. The summed E-state index contributed by atoms with van der Waals surface area (Å²) >= 11 is 0. The molecule has 4 amide bonds. The van der Waals surface area contributed by atoms with Crippen molar-refractivity contribution in [2.24, 2.45) is 0 Å². The van der Waals surface area contributed by atoms with Gasteiger partial charge in [-0.2, -0.15) is 0 Å². The molecule has 8 heteroatoms. The van der Waals surface area contributed by atoms with E-state index in [4.69, 9.17) is 0 Å². The molecule has 118 valence electrons. The van der Waals surface area contributed by atoms with Gasteiger partial charge in [0.1, 0.15) is 6.04 Å². The molecule has 8 nitrogen and oxygen atoms in total. The van der Waals surface area contributed by atoms with E-state index >= 15 is 0 Å². The first-order valence-electron chi connectivity index (χ1n) is 6.86. The molecule has 0 radical (unpaired) electrons. The van der Waals surface area contributed by atoms with Crippen LogP contribution in [0, 0.1) is 0 Å². The lowest BCUT2D eigenvalue weighted by atomic mass is 10.2. The number of amides is 4. The summed E-state index contributed by atoms with van der Waals surface area (Å²) in [4.78, 5) is 50.0. The first-order chi connectivity index (χ1) is 9.81. The van der Waals surface area contributed by atoms with E-state index in [1.807, 2.05) is 0 Å². The number of carbonyl (C=O) groups is 4. The summed E-state index contributed by atoms with van der Waals surface area (Å²) in [6.07, 6.45) is 0.115. The van der Waals surface area contributed by atoms with Crippen molar-refractivity contribution in [2.45, 2.75) is 25.8 Å². The van der Waals surface area contributed by atoms with Gasteiger partial charge in [0, 0.05) is 40.0 Å². The highest BCUT2D eigenvalue weighted by molar-refractivity contribution is 5.91. The number of carbonyl (C=O) groups excluding carboxylic acids is 4. The number of hydrogen-bond acceptors (Lipinski definition) is 4. The Morgan fingerprint density at radius 3 is 2.14 bits per heavy atom. The van der Waals surface area contributed by atoms with Crippen LogP contribution in [0.5, 0.6) is 0 Å². The summed E-state index contributed by atoms with van der Waals surface area (Å²) < 4.78 is 0. The Labute approximate surface area is 123 Å². The standard InChI is InChI=1S/C13H22N4O4/c1-9-13(21)14-8-12(20)17(3)7-6-16(2)11(19)5-4-10(18)15-9/h9H,4-8H2,1-3H3,(H,14,21)(H,15,18). The molecule has 1 saturated heterocycles. The van der Waals surface area contributed by atoms with E-state index < -0.39 is 11.9 Å². The highest BCUT2D eigenvalue weighted by Crippen LogP contribution is 1.98. The van der Waals surface area contributed by atoms with Crippen molar-refractivity contribution >= 4 is 23.6 Å². The number of nitrogens with one attached hydrogen (secondary N) is 2. The van der Waals surface area contributed by atoms with E-state index in [0.717, 1.165) is 0 Å². The van der Waals surface area contributed by atoms with Gasteiger partial charge in [-0.05, 0) is 6.92 Å². The normalized spacial score (nSPS) is 23.5. The van der Waals surface area contributed by atoms with Crippen LogP contribution in [0.3, 0.4) is 0 Å². The smallest absolute Gasteiger partial charge is 0.242 e. The maximum Gasteiger partial charge on any atom is 0.242 e. The molecule has 0 bridgehead atoms. The van der Waals surface area contributed by atoms with Gasteiger partial charge < -0.3 is 20.4 Å². The van der Waals surface area contributed by atoms with Gasteiger partial charge in [0.25, 0.3) is 0 Å². The molecule has 21 heavy (non-hydrogen) atoms. The van der Waals surface area contributed by atoms with Gasteiger partial charge in [-0.25, -0.2) is 0 Å². The molecule has 1 heterocycles. The SMILES string of the molecule is CC1NC(=O)CCC(=O)N(C)CCN(C)C(=O)CNC1=O.